The molecule has 0 bridgehead atoms. The van der Waals surface area contributed by atoms with E-state index in [4.69, 9.17) is 4.74 Å². The van der Waals surface area contributed by atoms with Crippen LogP contribution in [0.3, 0.4) is 0 Å². The Kier molecular flexibility index (Phi) is 6.66. The lowest BCUT2D eigenvalue weighted by Crippen LogP contribution is -2.28. The SMILES string of the molecule is O=C(CCc1n[nH]c(=O)[nH]c1=O)NN=Cc1ccccc1OCc1ccccc1. The minimum Gasteiger partial charge on any atom is -0.488 e. The van der Waals surface area contributed by atoms with Crippen LogP contribution in [-0.4, -0.2) is 27.3 Å². The number of aryl methyl sites for hydroxylation is 1. The van der Waals surface area contributed by atoms with E-state index < -0.39 is 17.2 Å². The third kappa shape index (κ3) is 5.99. The van der Waals surface area contributed by atoms with Crippen molar-refractivity contribution in [3.63, 3.8) is 0 Å². The fourth-order valence-electron chi connectivity index (χ4n) is 2.46. The topological polar surface area (TPSA) is 129 Å². The van der Waals surface area contributed by atoms with E-state index in [1.54, 1.807) is 0 Å². The molecule has 0 atom stereocenters. The van der Waals surface area contributed by atoms with Gasteiger partial charge < -0.3 is 4.74 Å². The van der Waals surface area contributed by atoms with E-state index in [1.807, 2.05) is 54.6 Å². The van der Waals surface area contributed by atoms with Crippen molar-refractivity contribution in [3.05, 3.63) is 92.3 Å². The molecule has 0 saturated heterocycles. The van der Waals surface area contributed by atoms with E-state index in [2.05, 4.69) is 25.7 Å². The summed E-state index contributed by atoms with van der Waals surface area (Å²) in [6.07, 6.45) is 1.55. The Balaban J connectivity index is 1.53. The Hall–Kier alpha value is -4.01. The predicted octanol–water partition coefficient (Wildman–Crippen LogP) is 1.12. The molecule has 9 heteroatoms. The van der Waals surface area contributed by atoms with Crippen molar-refractivity contribution < 1.29 is 9.53 Å². The van der Waals surface area contributed by atoms with Crippen molar-refractivity contribution in [2.24, 2.45) is 5.10 Å². The molecule has 0 unspecified atom stereocenters. The highest BCUT2D eigenvalue weighted by molar-refractivity contribution is 5.85. The second-order valence-electron chi connectivity index (χ2n) is 6.06. The molecule has 1 heterocycles. The molecule has 1 amide bonds. The second-order valence-corrected chi connectivity index (χ2v) is 6.06. The maximum absolute atomic E-state index is 11.9. The fraction of sp³-hybridized carbons (Fsp3) is 0.150. The number of aromatic amines is 2. The summed E-state index contributed by atoms with van der Waals surface area (Å²) in [5, 5.41) is 9.68. The van der Waals surface area contributed by atoms with Crippen LogP contribution in [0.1, 0.15) is 23.2 Å². The minimum atomic E-state index is -0.694. The lowest BCUT2D eigenvalue weighted by molar-refractivity contribution is -0.121. The molecule has 29 heavy (non-hydrogen) atoms. The maximum atomic E-state index is 11.9. The number of rotatable bonds is 8. The molecule has 0 aliphatic heterocycles. The number of nitrogens with one attached hydrogen (secondary N) is 3. The molecule has 1 aromatic heterocycles. The number of nitrogens with zero attached hydrogens (tertiary/aromatic N) is 2. The van der Waals surface area contributed by atoms with Crippen molar-refractivity contribution in [3.8, 4) is 5.75 Å². The van der Waals surface area contributed by atoms with Gasteiger partial charge in [0, 0.05) is 18.4 Å². The van der Waals surface area contributed by atoms with Gasteiger partial charge in [0.05, 0.1) is 6.21 Å². The lowest BCUT2D eigenvalue weighted by Gasteiger charge is -2.09. The number of para-hydroxylation sites is 1. The summed E-state index contributed by atoms with van der Waals surface area (Å²) in [7, 11) is 0. The average Bonchev–Trinajstić information content (AvgIpc) is 2.73. The molecule has 0 radical (unpaired) electrons. The number of amides is 1. The number of carbonyl (C=O) groups excluding carboxylic acids is 1. The number of hydrogen-bond donors (Lipinski definition) is 3. The van der Waals surface area contributed by atoms with Gasteiger partial charge in [0.25, 0.3) is 5.56 Å². The molecule has 9 nitrogen and oxygen atoms in total. The average molecular weight is 393 g/mol. The molecule has 0 aliphatic rings. The fourth-order valence-corrected chi connectivity index (χ4v) is 2.46. The van der Waals surface area contributed by atoms with Gasteiger partial charge in [0.2, 0.25) is 5.91 Å². The van der Waals surface area contributed by atoms with Crippen LogP contribution < -0.4 is 21.4 Å². The van der Waals surface area contributed by atoms with Crippen molar-refractivity contribution >= 4 is 12.1 Å². The smallest absolute Gasteiger partial charge is 0.342 e. The van der Waals surface area contributed by atoms with Crippen LogP contribution in [-0.2, 0) is 17.8 Å². The van der Waals surface area contributed by atoms with E-state index in [1.165, 1.54) is 6.21 Å². The summed E-state index contributed by atoms with van der Waals surface area (Å²) >= 11 is 0. The van der Waals surface area contributed by atoms with E-state index in [0.717, 1.165) is 5.56 Å². The first kappa shape index (κ1) is 19.7. The predicted molar refractivity (Wildman–Crippen MR) is 107 cm³/mol. The molecular weight excluding hydrogens is 374 g/mol. The van der Waals surface area contributed by atoms with Gasteiger partial charge in [-0.3, -0.25) is 14.6 Å². The monoisotopic (exact) mass is 393 g/mol. The summed E-state index contributed by atoms with van der Waals surface area (Å²) in [5.74, 6) is 0.245. The van der Waals surface area contributed by atoms with Crippen LogP contribution in [0.5, 0.6) is 5.75 Å². The Morgan fingerprint density at radius 2 is 1.86 bits per heavy atom. The Bertz CT molecular complexity index is 1110. The number of aromatic nitrogens is 3. The van der Waals surface area contributed by atoms with E-state index in [0.29, 0.717) is 17.9 Å². The largest absolute Gasteiger partial charge is 0.488 e. The van der Waals surface area contributed by atoms with Gasteiger partial charge in [-0.2, -0.15) is 10.2 Å². The van der Waals surface area contributed by atoms with Crippen LogP contribution in [0, 0.1) is 0 Å². The normalized spacial score (nSPS) is 10.8. The summed E-state index contributed by atoms with van der Waals surface area (Å²) < 4.78 is 5.83. The van der Waals surface area contributed by atoms with Gasteiger partial charge in [0.15, 0.2) is 0 Å². The Labute approximate surface area is 165 Å². The highest BCUT2D eigenvalue weighted by Crippen LogP contribution is 2.17. The molecule has 3 N–H and O–H groups in total. The third-order valence-electron chi connectivity index (χ3n) is 3.92. The number of H-pyrrole nitrogens is 2. The van der Waals surface area contributed by atoms with Gasteiger partial charge in [-0.05, 0) is 17.7 Å². The van der Waals surface area contributed by atoms with Gasteiger partial charge in [-0.15, -0.1) is 0 Å². The number of hydrazone groups is 1. The number of ether oxygens (including phenoxy) is 1. The third-order valence-corrected chi connectivity index (χ3v) is 3.92. The quantitative estimate of drug-likeness (QED) is 0.390. The number of hydrogen-bond acceptors (Lipinski definition) is 6. The standard InChI is InChI=1S/C20H19N5O4/c26-18(11-10-16-19(27)22-20(28)25-23-16)24-21-12-15-8-4-5-9-17(15)29-13-14-6-2-1-3-7-14/h1-9,12H,10-11,13H2,(H,24,26)(H2,22,25,27,28). The van der Waals surface area contributed by atoms with Crippen LogP contribution >= 0.6 is 0 Å². The maximum Gasteiger partial charge on any atom is 0.342 e. The first-order valence-electron chi connectivity index (χ1n) is 8.87. The first-order valence-corrected chi connectivity index (χ1v) is 8.87. The van der Waals surface area contributed by atoms with Crippen LogP contribution in [0.25, 0.3) is 0 Å². The van der Waals surface area contributed by atoms with Crippen molar-refractivity contribution in [1.82, 2.24) is 20.6 Å². The number of carbonyl (C=O) groups is 1. The van der Waals surface area contributed by atoms with E-state index in [-0.39, 0.29) is 18.5 Å². The van der Waals surface area contributed by atoms with Gasteiger partial charge in [-0.1, -0.05) is 42.5 Å². The van der Waals surface area contributed by atoms with Gasteiger partial charge in [-0.25, -0.2) is 15.3 Å². The zero-order valence-electron chi connectivity index (χ0n) is 15.4. The molecule has 148 valence electrons. The van der Waals surface area contributed by atoms with Gasteiger partial charge in [0.1, 0.15) is 18.1 Å². The molecular formula is C20H19N5O4. The molecule has 2 aromatic carbocycles. The molecule has 0 aliphatic carbocycles. The summed E-state index contributed by atoms with van der Waals surface area (Å²) in [5.41, 5.74) is 2.91. The highest BCUT2D eigenvalue weighted by atomic mass is 16.5. The van der Waals surface area contributed by atoms with Crippen molar-refractivity contribution in [1.29, 1.82) is 0 Å². The first-order chi connectivity index (χ1) is 14.1. The van der Waals surface area contributed by atoms with Crippen LogP contribution in [0.15, 0.2) is 69.3 Å². The minimum absolute atomic E-state index is 0.00832. The van der Waals surface area contributed by atoms with Crippen molar-refractivity contribution in [2.45, 2.75) is 19.4 Å². The lowest BCUT2D eigenvalue weighted by atomic mass is 10.2. The van der Waals surface area contributed by atoms with Crippen molar-refractivity contribution in [2.75, 3.05) is 0 Å². The highest BCUT2D eigenvalue weighted by Gasteiger charge is 2.07. The number of benzene rings is 2. The second kappa shape index (κ2) is 9.79. The zero-order valence-corrected chi connectivity index (χ0v) is 15.4. The van der Waals surface area contributed by atoms with E-state index in [9.17, 15) is 14.4 Å². The summed E-state index contributed by atoms with van der Waals surface area (Å²) in [6.45, 7) is 0.415. The molecule has 3 rings (SSSR count). The summed E-state index contributed by atoms with van der Waals surface area (Å²) in [6, 6.07) is 17.1. The van der Waals surface area contributed by atoms with Crippen LogP contribution in [0.4, 0.5) is 0 Å². The van der Waals surface area contributed by atoms with Crippen LogP contribution in [0.2, 0.25) is 0 Å². The zero-order chi connectivity index (χ0) is 20.5. The molecule has 3 aromatic rings. The van der Waals surface area contributed by atoms with E-state index >= 15 is 0 Å². The Morgan fingerprint density at radius 3 is 2.66 bits per heavy atom. The summed E-state index contributed by atoms with van der Waals surface area (Å²) in [4.78, 5) is 36.4. The molecule has 0 saturated carbocycles. The Morgan fingerprint density at radius 1 is 1.10 bits per heavy atom. The molecule has 0 fully saturated rings. The van der Waals surface area contributed by atoms with Gasteiger partial charge >= 0.3 is 5.69 Å². The molecule has 0 spiro atoms.